The zero-order chi connectivity index (χ0) is 13.6. The van der Waals surface area contributed by atoms with Gasteiger partial charge in [-0.25, -0.2) is 9.36 Å². The molecule has 0 aliphatic rings. The molecule has 0 fully saturated rings. The lowest BCUT2D eigenvalue weighted by Gasteiger charge is -2.06. The number of H-pyrrole nitrogens is 1. The minimum absolute atomic E-state index is 0.0230. The Hall–Kier alpha value is -1.21. The molecule has 0 aromatic carbocycles. The summed E-state index contributed by atoms with van der Waals surface area (Å²) >= 11 is 0. The molecule has 0 atom stereocenters. The Balaban J connectivity index is 2.24. The highest BCUT2D eigenvalue weighted by molar-refractivity contribution is 7.46. The summed E-state index contributed by atoms with van der Waals surface area (Å²) in [5.41, 5.74) is -0.903. The maximum Gasteiger partial charge on any atom is 0.469 e. The van der Waals surface area contributed by atoms with Crippen molar-refractivity contribution in [1.29, 1.82) is 0 Å². The van der Waals surface area contributed by atoms with Crippen LogP contribution in [0.2, 0.25) is 0 Å². The van der Waals surface area contributed by atoms with Crippen LogP contribution in [-0.4, -0.2) is 25.9 Å². The molecule has 0 saturated heterocycles. The van der Waals surface area contributed by atoms with Gasteiger partial charge in [-0.15, -0.1) is 0 Å². The van der Waals surface area contributed by atoms with E-state index in [9.17, 15) is 14.2 Å². The van der Waals surface area contributed by atoms with Crippen molar-refractivity contribution < 1.29 is 18.9 Å². The van der Waals surface area contributed by atoms with E-state index in [0.29, 0.717) is 25.8 Å². The van der Waals surface area contributed by atoms with E-state index in [-0.39, 0.29) is 6.61 Å². The van der Waals surface area contributed by atoms with Crippen LogP contribution >= 0.6 is 7.82 Å². The van der Waals surface area contributed by atoms with Crippen molar-refractivity contribution in [3.05, 3.63) is 33.1 Å². The summed E-state index contributed by atoms with van der Waals surface area (Å²) < 4.78 is 16.0. The molecule has 18 heavy (non-hydrogen) atoms. The van der Waals surface area contributed by atoms with E-state index < -0.39 is 19.1 Å². The molecule has 1 aromatic rings. The summed E-state index contributed by atoms with van der Waals surface area (Å²) in [6.07, 6.45) is 3.21. The van der Waals surface area contributed by atoms with Crippen molar-refractivity contribution in [3.8, 4) is 0 Å². The van der Waals surface area contributed by atoms with Crippen molar-refractivity contribution >= 4 is 7.82 Å². The van der Waals surface area contributed by atoms with Crippen LogP contribution in [0.4, 0.5) is 0 Å². The van der Waals surface area contributed by atoms with E-state index in [1.54, 1.807) is 0 Å². The number of phosphoric ester groups is 1. The lowest BCUT2D eigenvalue weighted by Crippen LogP contribution is -2.28. The van der Waals surface area contributed by atoms with Crippen molar-refractivity contribution in [1.82, 2.24) is 9.55 Å². The summed E-state index contributed by atoms with van der Waals surface area (Å²) in [4.78, 5) is 41.0. The largest absolute Gasteiger partial charge is 0.469 e. The van der Waals surface area contributed by atoms with Crippen molar-refractivity contribution in [2.75, 3.05) is 6.61 Å². The van der Waals surface area contributed by atoms with Crippen molar-refractivity contribution in [3.63, 3.8) is 0 Å². The van der Waals surface area contributed by atoms with Gasteiger partial charge in [0.1, 0.15) is 0 Å². The summed E-state index contributed by atoms with van der Waals surface area (Å²) in [5.74, 6) is 0. The molecule has 1 aromatic heterocycles. The molecular weight excluding hydrogens is 263 g/mol. The second-order valence-electron chi connectivity index (χ2n) is 3.69. The van der Waals surface area contributed by atoms with Gasteiger partial charge in [0.2, 0.25) is 0 Å². The molecule has 0 aliphatic heterocycles. The smallest absolute Gasteiger partial charge is 0.303 e. The first-order valence-electron chi connectivity index (χ1n) is 5.38. The van der Waals surface area contributed by atoms with Gasteiger partial charge >= 0.3 is 13.5 Å². The van der Waals surface area contributed by atoms with Gasteiger partial charge in [0.15, 0.2) is 0 Å². The molecule has 9 heteroatoms. The number of phosphoric acid groups is 1. The lowest BCUT2D eigenvalue weighted by atomic mass is 10.2. The molecule has 0 unspecified atom stereocenters. The molecule has 0 spiro atoms. The fraction of sp³-hybridized carbons (Fsp3) is 0.556. The zero-order valence-corrected chi connectivity index (χ0v) is 10.5. The molecule has 8 nitrogen and oxygen atoms in total. The van der Waals surface area contributed by atoms with Gasteiger partial charge in [-0.1, -0.05) is 0 Å². The summed E-state index contributed by atoms with van der Waals surface area (Å²) in [6.45, 7) is 0.413. The second kappa shape index (κ2) is 6.65. The number of nitrogens with one attached hydrogen (secondary N) is 1. The van der Waals surface area contributed by atoms with Gasteiger partial charge < -0.3 is 14.4 Å². The Morgan fingerprint density at radius 3 is 2.61 bits per heavy atom. The Morgan fingerprint density at radius 2 is 2.00 bits per heavy atom. The third kappa shape index (κ3) is 5.92. The third-order valence-electron chi connectivity index (χ3n) is 2.20. The number of hydrogen-bond donors (Lipinski definition) is 3. The average molecular weight is 278 g/mol. The van der Waals surface area contributed by atoms with Crippen LogP contribution in [0.1, 0.15) is 19.3 Å². The van der Waals surface area contributed by atoms with Gasteiger partial charge in [0, 0.05) is 18.8 Å². The minimum atomic E-state index is -4.38. The first kappa shape index (κ1) is 14.8. The number of aromatic nitrogens is 2. The van der Waals surface area contributed by atoms with E-state index in [1.165, 1.54) is 16.8 Å². The Kier molecular flexibility index (Phi) is 5.49. The average Bonchev–Trinajstić information content (AvgIpc) is 2.24. The lowest BCUT2D eigenvalue weighted by molar-refractivity contribution is 0.193. The molecular formula is C9H15N2O6P. The minimum Gasteiger partial charge on any atom is -0.303 e. The number of aromatic amines is 1. The van der Waals surface area contributed by atoms with Crippen LogP contribution in [0, 0.1) is 0 Å². The van der Waals surface area contributed by atoms with Crippen LogP contribution in [0.5, 0.6) is 0 Å². The number of rotatable bonds is 7. The van der Waals surface area contributed by atoms with Crippen LogP contribution < -0.4 is 11.2 Å². The van der Waals surface area contributed by atoms with Gasteiger partial charge in [0.25, 0.3) is 5.56 Å². The van der Waals surface area contributed by atoms with E-state index >= 15 is 0 Å². The van der Waals surface area contributed by atoms with E-state index in [2.05, 4.69) is 9.51 Å². The molecule has 0 amide bonds. The molecule has 0 aliphatic carbocycles. The van der Waals surface area contributed by atoms with Crippen molar-refractivity contribution in [2.45, 2.75) is 25.8 Å². The number of nitrogens with zero attached hydrogens (tertiary/aromatic N) is 1. The second-order valence-corrected chi connectivity index (χ2v) is 4.93. The Bertz CT molecular complexity index is 530. The van der Waals surface area contributed by atoms with Gasteiger partial charge in [0.05, 0.1) is 6.61 Å². The maximum absolute atomic E-state index is 11.3. The summed E-state index contributed by atoms with van der Waals surface area (Å²) in [5, 5.41) is 0. The zero-order valence-electron chi connectivity index (χ0n) is 9.61. The molecule has 1 rings (SSSR count). The molecule has 1 heterocycles. The summed E-state index contributed by atoms with van der Waals surface area (Å²) in [7, 11) is -4.38. The summed E-state index contributed by atoms with van der Waals surface area (Å²) in [6, 6.07) is 1.26. The number of aryl methyl sites for hydroxylation is 1. The normalized spacial score (nSPS) is 11.7. The van der Waals surface area contributed by atoms with E-state index in [0.717, 1.165) is 0 Å². The maximum atomic E-state index is 11.3. The Morgan fingerprint density at radius 1 is 1.28 bits per heavy atom. The highest BCUT2D eigenvalue weighted by Crippen LogP contribution is 2.35. The first-order valence-corrected chi connectivity index (χ1v) is 6.91. The molecule has 0 saturated carbocycles. The van der Waals surface area contributed by atoms with Gasteiger partial charge in [-0.2, -0.15) is 0 Å². The number of hydrogen-bond acceptors (Lipinski definition) is 4. The number of unbranched alkanes of at least 4 members (excludes halogenated alkanes) is 2. The predicted molar refractivity (Wildman–Crippen MR) is 63.2 cm³/mol. The fourth-order valence-corrected chi connectivity index (χ4v) is 1.73. The monoisotopic (exact) mass is 278 g/mol. The topological polar surface area (TPSA) is 122 Å². The highest BCUT2D eigenvalue weighted by atomic mass is 31.2. The van der Waals surface area contributed by atoms with E-state index in [1.807, 2.05) is 0 Å². The standard InChI is InChI=1S/C9H15N2O6P/c12-8-4-6-11(9(13)10-8)5-2-1-3-7-17-18(14,15)16/h4,6H,1-3,5,7H2,(H,10,12,13)(H2,14,15,16). The van der Waals surface area contributed by atoms with E-state index in [4.69, 9.17) is 9.79 Å². The van der Waals surface area contributed by atoms with Crippen LogP contribution in [0.3, 0.4) is 0 Å². The highest BCUT2D eigenvalue weighted by Gasteiger charge is 2.12. The SMILES string of the molecule is O=c1ccn(CCCCCOP(=O)(O)O)c(=O)[nH]1. The molecule has 0 radical (unpaired) electrons. The van der Waals surface area contributed by atoms with Crippen LogP contribution in [0.25, 0.3) is 0 Å². The quantitative estimate of drug-likeness (QED) is 0.469. The predicted octanol–water partition coefficient (Wildman–Crippen LogP) is -0.184. The molecule has 102 valence electrons. The molecule has 3 N–H and O–H groups in total. The molecule has 0 bridgehead atoms. The Labute approximate surface area is 102 Å². The third-order valence-corrected chi connectivity index (χ3v) is 2.72. The fourth-order valence-electron chi connectivity index (χ4n) is 1.36. The van der Waals surface area contributed by atoms with Gasteiger partial charge in [-0.05, 0) is 19.3 Å². The van der Waals surface area contributed by atoms with Crippen LogP contribution in [0.15, 0.2) is 21.9 Å². The van der Waals surface area contributed by atoms with Crippen LogP contribution in [-0.2, 0) is 15.6 Å². The van der Waals surface area contributed by atoms with Gasteiger partial charge in [-0.3, -0.25) is 14.3 Å². The van der Waals surface area contributed by atoms with Crippen molar-refractivity contribution in [2.24, 2.45) is 0 Å². The first-order chi connectivity index (χ1) is 8.38.